The molecule has 1 N–H and O–H groups in total. The van der Waals surface area contributed by atoms with Gasteiger partial charge in [0.15, 0.2) is 0 Å². The highest BCUT2D eigenvalue weighted by atomic mass is 35.5. The first-order valence-corrected chi connectivity index (χ1v) is 3.98. The topological polar surface area (TPSA) is 32.6 Å². The third kappa shape index (κ3) is 1.77. The summed E-state index contributed by atoms with van der Waals surface area (Å²) < 4.78 is 0. The summed E-state index contributed by atoms with van der Waals surface area (Å²) in [5, 5.41) is 12.4. The van der Waals surface area contributed by atoms with Crippen LogP contribution in [0.1, 0.15) is 18.1 Å². The molecule has 1 rings (SSSR count). The van der Waals surface area contributed by atoms with Crippen LogP contribution in [0.15, 0.2) is 23.4 Å². The Hall–Kier alpha value is -1.02. The zero-order valence-corrected chi connectivity index (χ0v) is 7.76. The molecule has 0 unspecified atom stereocenters. The van der Waals surface area contributed by atoms with Crippen molar-refractivity contribution in [2.45, 2.75) is 13.8 Å². The van der Waals surface area contributed by atoms with E-state index in [4.69, 9.17) is 16.8 Å². The first kappa shape index (κ1) is 9.07. The Kier molecular flexibility index (Phi) is 2.71. The highest BCUT2D eigenvalue weighted by Gasteiger charge is 2.01. The molecule has 0 bridgehead atoms. The van der Waals surface area contributed by atoms with E-state index in [1.807, 2.05) is 19.1 Å². The molecule has 0 saturated heterocycles. The molecule has 0 saturated carbocycles. The van der Waals surface area contributed by atoms with Gasteiger partial charge in [0, 0.05) is 10.6 Å². The van der Waals surface area contributed by atoms with Crippen molar-refractivity contribution in [2.75, 3.05) is 0 Å². The Morgan fingerprint density at radius 3 is 2.67 bits per heavy atom. The predicted octanol–water partition coefficient (Wildman–Crippen LogP) is 2.85. The zero-order valence-electron chi connectivity index (χ0n) is 7.00. The van der Waals surface area contributed by atoms with Crippen molar-refractivity contribution in [2.24, 2.45) is 5.16 Å². The molecule has 1 aromatic carbocycles. The van der Waals surface area contributed by atoms with E-state index in [1.165, 1.54) is 0 Å². The van der Waals surface area contributed by atoms with E-state index >= 15 is 0 Å². The number of nitrogens with zero attached hydrogens (tertiary/aromatic N) is 1. The normalized spacial score (nSPS) is 11.8. The summed E-state index contributed by atoms with van der Waals surface area (Å²) in [7, 11) is 0. The van der Waals surface area contributed by atoms with Crippen molar-refractivity contribution in [3.63, 3.8) is 0 Å². The summed E-state index contributed by atoms with van der Waals surface area (Å²) in [6.45, 7) is 3.67. The summed E-state index contributed by atoms with van der Waals surface area (Å²) in [6.07, 6.45) is 0. The van der Waals surface area contributed by atoms with E-state index in [1.54, 1.807) is 13.0 Å². The van der Waals surface area contributed by atoms with Crippen LogP contribution in [0, 0.1) is 6.92 Å². The lowest BCUT2D eigenvalue weighted by Crippen LogP contribution is -1.97. The number of halogens is 1. The summed E-state index contributed by atoms with van der Waals surface area (Å²) in [4.78, 5) is 0. The van der Waals surface area contributed by atoms with Crippen LogP contribution in [0.4, 0.5) is 0 Å². The maximum Gasteiger partial charge on any atom is 0.0839 e. The lowest BCUT2D eigenvalue weighted by Gasteiger charge is -2.03. The average Bonchev–Trinajstić information content (AvgIpc) is 2.03. The minimum atomic E-state index is 0.601. The van der Waals surface area contributed by atoms with Crippen LogP contribution < -0.4 is 0 Å². The maximum atomic E-state index is 8.54. The van der Waals surface area contributed by atoms with Crippen LogP contribution in [0.25, 0.3) is 0 Å². The number of benzene rings is 1. The molecule has 12 heavy (non-hydrogen) atoms. The van der Waals surface area contributed by atoms with Crippen molar-refractivity contribution >= 4 is 17.3 Å². The number of hydrogen-bond donors (Lipinski definition) is 1. The van der Waals surface area contributed by atoms with Gasteiger partial charge in [0.05, 0.1) is 5.71 Å². The van der Waals surface area contributed by atoms with Crippen molar-refractivity contribution in [1.82, 2.24) is 0 Å². The fraction of sp³-hybridized carbons (Fsp3) is 0.222. The Morgan fingerprint density at radius 2 is 2.17 bits per heavy atom. The van der Waals surface area contributed by atoms with Crippen LogP contribution in [0.2, 0.25) is 5.02 Å². The molecule has 0 aromatic heterocycles. The molecule has 3 heteroatoms. The quantitative estimate of drug-likeness (QED) is 0.405. The van der Waals surface area contributed by atoms with Gasteiger partial charge < -0.3 is 5.21 Å². The molecule has 1 aromatic rings. The summed E-state index contributed by atoms with van der Waals surface area (Å²) in [5.74, 6) is 0. The van der Waals surface area contributed by atoms with Crippen molar-refractivity contribution in [1.29, 1.82) is 0 Å². The monoisotopic (exact) mass is 183 g/mol. The fourth-order valence-electron chi connectivity index (χ4n) is 1.09. The van der Waals surface area contributed by atoms with E-state index in [0.29, 0.717) is 10.7 Å². The molecule has 0 spiro atoms. The van der Waals surface area contributed by atoms with Gasteiger partial charge in [-0.3, -0.25) is 0 Å². The average molecular weight is 184 g/mol. The summed E-state index contributed by atoms with van der Waals surface area (Å²) in [6, 6.07) is 5.46. The van der Waals surface area contributed by atoms with Gasteiger partial charge in [0.1, 0.15) is 0 Å². The van der Waals surface area contributed by atoms with Gasteiger partial charge in [-0.25, -0.2) is 0 Å². The number of hydrogen-bond acceptors (Lipinski definition) is 2. The highest BCUT2D eigenvalue weighted by molar-refractivity contribution is 6.30. The molecule has 0 fully saturated rings. The Morgan fingerprint density at radius 1 is 1.50 bits per heavy atom. The predicted molar refractivity (Wildman–Crippen MR) is 50.2 cm³/mol. The van der Waals surface area contributed by atoms with E-state index < -0.39 is 0 Å². The SMILES string of the molecule is C/C(=N/O)c1ccc(Cl)cc1C. The Bertz CT molecular complexity index is 320. The van der Waals surface area contributed by atoms with E-state index in [9.17, 15) is 0 Å². The van der Waals surface area contributed by atoms with Crippen LogP contribution in [0.3, 0.4) is 0 Å². The second-order valence-electron chi connectivity index (χ2n) is 2.64. The van der Waals surface area contributed by atoms with Crippen molar-refractivity contribution < 1.29 is 5.21 Å². The van der Waals surface area contributed by atoms with Gasteiger partial charge in [0.2, 0.25) is 0 Å². The molecule has 0 heterocycles. The van der Waals surface area contributed by atoms with E-state index in [0.717, 1.165) is 11.1 Å². The van der Waals surface area contributed by atoms with Crippen LogP contribution in [0.5, 0.6) is 0 Å². The molecule has 0 atom stereocenters. The van der Waals surface area contributed by atoms with Crippen LogP contribution in [-0.2, 0) is 0 Å². The Balaban J connectivity index is 3.18. The van der Waals surface area contributed by atoms with Crippen molar-refractivity contribution in [3.8, 4) is 0 Å². The highest BCUT2D eigenvalue weighted by Crippen LogP contribution is 2.15. The number of rotatable bonds is 1. The van der Waals surface area contributed by atoms with Crippen molar-refractivity contribution in [3.05, 3.63) is 34.3 Å². The molecular weight excluding hydrogens is 174 g/mol. The minimum Gasteiger partial charge on any atom is -0.411 e. The molecule has 0 aliphatic carbocycles. The van der Waals surface area contributed by atoms with Gasteiger partial charge in [0.25, 0.3) is 0 Å². The summed E-state index contributed by atoms with van der Waals surface area (Å²) in [5.41, 5.74) is 2.53. The van der Waals surface area contributed by atoms with E-state index in [2.05, 4.69) is 5.16 Å². The van der Waals surface area contributed by atoms with Crippen LogP contribution >= 0.6 is 11.6 Å². The van der Waals surface area contributed by atoms with Gasteiger partial charge in [-0.15, -0.1) is 0 Å². The summed E-state index contributed by atoms with van der Waals surface area (Å²) >= 11 is 5.76. The second kappa shape index (κ2) is 3.59. The largest absolute Gasteiger partial charge is 0.411 e. The lowest BCUT2D eigenvalue weighted by atomic mass is 10.1. The molecule has 0 amide bonds. The second-order valence-corrected chi connectivity index (χ2v) is 3.08. The molecular formula is C9H10ClNO. The fourth-order valence-corrected chi connectivity index (χ4v) is 1.31. The molecule has 2 nitrogen and oxygen atoms in total. The van der Waals surface area contributed by atoms with Gasteiger partial charge in [-0.05, 0) is 31.5 Å². The first-order chi connectivity index (χ1) is 5.65. The third-order valence-corrected chi connectivity index (χ3v) is 1.96. The molecule has 0 aliphatic heterocycles. The lowest BCUT2D eigenvalue weighted by molar-refractivity contribution is 0.319. The molecule has 0 radical (unpaired) electrons. The maximum absolute atomic E-state index is 8.54. The zero-order chi connectivity index (χ0) is 9.14. The smallest absolute Gasteiger partial charge is 0.0839 e. The van der Waals surface area contributed by atoms with Gasteiger partial charge in [-0.2, -0.15) is 0 Å². The number of oxime groups is 1. The van der Waals surface area contributed by atoms with E-state index in [-0.39, 0.29) is 0 Å². The van der Waals surface area contributed by atoms with Gasteiger partial charge in [-0.1, -0.05) is 22.8 Å². The molecule has 64 valence electrons. The van der Waals surface area contributed by atoms with Crippen LogP contribution in [-0.4, -0.2) is 10.9 Å². The molecule has 0 aliphatic rings. The number of aryl methyl sites for hydroxylation is 1. The standard InChI is InChI=1S/C9H10ClNO/c1-6-5-8(10)3-4-9(6)7(2)11-12/h3-5,12H,1-2H3/b11-7-. The Labute approximate surface area is 76.5 Å². The first-order valence-electron chi connectivity index (χ1n) is 3.60. The van der Waals surface area contributed by atoms with Gasteiger partial charge >= 0.3 is 0 Å². The minimum absolute atomic E-state index is 0.601. The third-order valence-electron chi connectivity index (χ3n) is 1.73.